The van der Waals surface area contributed by atoms with Gasteiger partial charge in [-0.1, -0.05) is 0 Å². The van der Waals surface area contributed by atoms with Gasteiger partial charge in [-0.05, 0) is 48.0 Å². The van der Waals surface area contributed by atoms with Gasteiger partial charge in [-0.15, -0.1) is 0 Å². The van der Waals surface area contributed by atoms with Crippen LogP contribution < -0.4 is 4.72 Å². The van der Waals surface area contributed by atoms with Gasteiger partial charge in [0.05, 0.1) is 11.3 Å². The molecule has 1 rings (SSSR count). The summed E-state index contributed by atoms with van der Waals surface area (Å²) >= 11 is 3.11. The maximum atomic E-state index is 12.5. The molecule has 0 bridgehead atoms. The Bertz CT molecular complexity index is 434. The Morgan fingerprint density at radius 2 is 1.94 bits per heavy atom. The zero-order chi connectivity index (χ0) is 13.2. The average molecular weight is 330 g/mol. The van der Waals surface area contributed by atoms with Crippen molar-refractivity contribution in [3.05, 3.63) is 28.2 Å². The molecule has 0 heterocycles. The predicted octanol–water partition coefficient (Wildman–Crippen LogP) is 3.95. The molecule has 0 aliphatic carbocycles. The van der Waals surface area contributed by atoms with Crippen molar-refractivity contribution in [2.24, 2.45) is 0 Å². The fraction of sp³-hybridized carbons (Fsp3) is 0.400. The van der Waals surface area contributed by atoms with Gasteiger partial charge >= 0.3 is 6.18 Å². The van der Waals surface area contributed by atoms with Crippen LogP contribution in [0.1, 0.15) is 19.4 Å². The van der Waals surface area contributed by atoms with E-state index in [2.05, 4.69) is 20.7 Å². The van der Waals surface area contributed by atoms with Crippen molar-refractivity contribution >= 4 is 32.6 Å². The van der Waals surface area contributed by atoms with Crippen LogP contribution in [0.4, 0.5) is 18.9 Å². The summed E-state index contributed by atoms with van der Waals surface area (Å²) in [4.78, 5) is 0. The average Bonchev–Trinajstić information content (AvgIpc) is 2.19. The first kappa shape index (κ1) is 14.5. The molecule has 1 unspecified atom stereocenters. The highest BCUT2D eigenvalue weighted by Crippen LogP contribution is 2.34. The second-order valence-electron chi connectivity index (χ2n) is 3.64. The number of rotatable bonds is 3. The molecule has 0 aliphatic rings. The van der Waals surface area contributed by atoms with Crippen LogP contribution in [0.15, 0.2) is 22.7 Å². The topological polar surface area (TPSA) is 29.1 Å². The smallest absolute Gasteiger partial charge is 0.304 e. The molecule has 96 valence electrons. The number of nitrogens with one attached hydrogen (secondary N) is 1. The van der Waals surface area contributed by atoms with E-state index in [1.54, 1.807) is 13.8 Å². The van der Waals surface area contributed by atoms with Gasteiger partial charge < -0.3 is 4.72 Å². The van der Waals surface area contributed by atoms with Crippen molar-refractivity contribution in [3.63, 3.8) is 0 Å². The van der Waals surface area contributed by atoms with Crippen molar-refractivity contribution in [2.75, 3.05) is 4.72 Å². The van der Waals surface area contributed by atoms with E-state index in [1.165, 1.54) is 6.07 Å². The lowest BCUT2D eigenvalue weighted by Gasteiger charge is -2.13. The highest BCUT2D eigenvalue weighted by molar-refractivity contribution is 9.10. The molecule has 2 nitrogen and oxygen atoms in total. The molecule has 7 heteroatoms. The number of hydrogen-bond acceptors (Lipinski definition) is 1. The van der Waals surface area contributed by atoms with Gasteiger partial charge in [0.15, 0.2) is 0 Å². The number of benzene rings is 1. The molecule has 0 aliphatic heterocycles. The standard InChI is InChI=1S/C10H11BrF3NOS/c1-6(2)17(16)15-9-5-7(10(12,13)14)3-4-8(9)11/h3-6,15H,1-2H3. The summed E-state index contributed by atoms with van der Waals surface area (Å²) in [6.07, 6.45) is -4.41. The molecule has 17 heavy (non-hydrogen) atoms. The van der Waals surface area contributed by atoms with Crippen LogP contribution >= 0.6 is 15.9 Å². The zero-order valence-electron chi connectivity index (χ0n) is 9.14. The Labute approximate surface area is 108 Å². The molecule has 0 radical (unpaired) electrons. The Kier molecular flexibility index (Phi) is 4.60. The van der Waals surface area contributed by atoms with E-state index in [1.807, 2.05) is 0 Å². The summed E-state index contributed by atoms with van der Waals surface area (Å²) in [6, 6.07) is 3.18. The van der Waals surface area contributed by atoms with Gasteiger partial charge in [-0.3, -0.25) is 0 Å². The quantitative estimate of drug-likeness (QED) is 0.893. The predicted molar refractivity (Wildman–Crippen MR) is 66.0 cm³/mol. The molecule has 0 aromatic heterocycles. The SMILES string of the molecule is CC(C)S(=O)Nc1cc(C(F)(F)F)ccc1Br. The summed E-state index contributed by atoms with van der Waals surface area (Å²) in [7, 11) is -1.42. The van der Waals surface area contributed by atoms with Crippen LogP contribution in [0.5, 0.6) is 0 Å². The van der Waals surface area contributed by atoms with Crippen LogP contribution in [-0.4, -0.2) is 9.46 Å². The van der Waals surface area contributed by atoms with Crippen LogP contribution in [0.25, 0.3) is 0 Å². The fourth-order valence-corrected chi connectivity index (χ4v) is 2.10. The highest BCUT2D eigenvalue weighted by Gasteiger charge is 2.31. The van der Waals surface area contributed by atoms with E-state index < -0.39 is 22.7 Å². The fourth-order valence-electron chi connectivity index (χ4n) is 1.01. The first-order valence-corrected chi connectivity index (χ1v) is 6.76. The minimum absolute atomic E-state index is 0.173. The first-order chi connectivity index (χ1) is 7.71. The second kappa shape index (κ2) is 5.39. The Balaban J connectivity index is 3.03. The summed E-state index contributed by atoms with van der Waals surface area (Å²) in [5.74, 6) is 0. The summed E-state index contributed by atoms with van der Waals surface area (Å²) in [6.45, 7) is 3.43. The molecule has 0 fully saturated rings. The minimum atomic E-state index is -4.41. The molecule has 0 amide bonds. The van der Waals surface area contributed by atoms with Crippen molar-refractivity contribution in [1.29, 1.82) is 0 Å². The van der Waals surface area contributed by atoms with Crippen molar-refractivity contribution < 1.29 is 17.4 Å². The number of halogens is 4. The zero-order valence-corrected chi connectivity index (χ0v) is 11.5. The van der Waals surface area contributed by atoms with Crippen molar-refractivity contribution in [2.45, 2.75) is 25.3 Å². The van der Waals surface area contributed by atoms with Gasteiger partial charge in [-0.2, -0.15) is 13.2 Å². The van der Waals surface area contributed by atoms with Gasteiger partial charge in [0.1, 0.15) is 11.0 Å². The van der Waals surface area contributed by atoms with Crippen LogP contribution in [0.2, 0.25) is 0 Å². The van der Waals surface area contributed by atoms with Crippen molar-refractivity contribution in [3.8, 4) is 0 Å². The maximum absolute atomic E-state index is 12.5. The first-order valence-electron chi connectivity index (χ1n) is 4.76. The van der Waals surface area contributed by atoms with Crippen LogP contribution in [0, 0.1) is 0 Å². The lowest BCUT2D eigenvalue weighted by Crippen LogP contribution is -2.15. The van der Waals surface area contributed by atoms with E-state index in [4.69, 9.17) is 0 Å². The Morgan fingerprint density at radius 1 is 1.35 bits per heavy atom. The third-order valence-electron chi connectivity index (χ3n) is 1.93. The molecular weight excluding hydrogens is 319 g/mol. The lowest BCUT2D eigenvalue weighted by atomic mass is 10.2. The molecule has 0 saturated carbocycles. The van der Waals surface area contributed by atoms with Gasteiger partial charge in [0.25, 0.3) is 0 Å². The van der Waals surface area contributed by atoms with Gasteiger partial charge in [-0.25, -0.2) is 4.21 Å². The van der Waals surface area contributed by atoms with E-state index >= 15 is 0 Å². The molecule has 1 aromatic rings. The Morgan fingerprint density at radius 3 is 2.41 bits per heavy atom. The monoisotopic (exact) mass is 329 g/mol. The molecule has 1 atom stereocenters. The lowest BCUT2D eigenvalue weighted by molar-refractivity contribution is -0.137. The molecule has 1 aromatic carbocycles. The van der Waals surface area contributed by atoms with E-state index in [0.29, 0.717) is 4.47 Å². The number of hydrogen-bond donors (Lipinski definition) is 1. The Hall–Kier alpha value is -0.560. The third kappa shape index (κ3) is 3.99. The van der Waals surface area contributed by atoms with Crippen molar-refractivity contribution in [1.82, 2.24) is 0 Å². The van der Waals surface area contributed by atoms with Gasteiger partial charge in [0, 0.05) is 9.72 Å². The summed E-state index contributed by atoms with van der Waals surface area (Å²) in [5, 5.41) is -0.184. The normalized spacial score (nSPS) is 13.8. The number of anilines is 1. The van der Waals surface area contributed by atoms with Crippen LogP contribution in [-0.2, 0) is 17.2 Å². The highest BCUT2D eigenvalue weighted by atomic mass is 79.9. The third-order valence-corrected chi connectivity index (χ3v) is 3.90. The minimum Gasteiger partial charge on any atom is -0.304 e. The summed E-state index contributed by atoms with van der Waals surface area (Å²) in [5.41, 5.74) is -0.601. The van der Waals surface area contributed by atoms with Crippen LogP contribution in [0.3, 0.4) is 0 Å². The molecular formula is C10H11BrF3NOS. The molecule has 1 N–H and O–H groups in total. The van der Waals surface area contributed by atoms with E-state index in [0.717, 1.165) is 12.1 Å². The van der Waals surface area contributed by atoms with Gasteiger partial charge in [0.2, 0.25) is 0 Å². The maximum Gasteiger partial charge on any atom is 0.416 e. The summed E-state index contributed by atoms with van der Waals surface area (Å²) < 4.78 is 51.9. The molecule has 0 spiro atoms. The van der Waals surface area contributed by atoms with E-state index in [-0.39, 0.29) is 10.9 Å². The number of alkyl halides is 3. The van der Waals surface area contributed by atoms with E-state index in [9.17, 15) is 17.4 Å². The second-order valence-corrected chi connectivity index (χ2v) is 6.24. The molecule has 0 saturated heterocycles. The largest absolute Gasteiger partial charge is 0.416 e.